The van der Waals surface area contributed by atoms with E-state index in [0.717, 1.165) is 19.4 Å². The number of unbranched alkanes of at least 4 members (excludes halogenated alkanes) is 2. The van der Waals surface area contributed by atoms with Gasteiger partial charge in [0.1, 0.15) is 55.4 Å². The van der Waals surface area contributed by atoms with Crippen molar-refractivity contribution < 1.29 is 53.9 Å². The van der Waals surface area contributed by atoms with Gasteiger partial charge in [0, 0.05) is 43.7 Å². The highest BCUT2D eigenvalue weighted by molar-refractivity contribution is 6.07. The number of nitrogens with one attached hydrogen (secondary N) is 1. The molecule has 0 aromatic heterocycles. The van der Waals surface area contributed by atoms with Gasteiger partial charge >= 0.3 is 0 Å². The number of allylic oxidation sites excluding steroid dienone is 4. The fourth-order valence-electron chi connectivity index (χ4n) is 8.19. The smallest absolute Gasteiger partial charge is 0.220 e. The summed E-state index contributed by atoms with van der Waals surface area (Å²) in [7, 11) is 0. The predicted molar refractivity (Wildman–Crippen MR) is 194 cm³/mol. The summed E-state index contributed by atoms with van der Waals surface area (Å²) < 4.78 is 26.0. The van der Waals surface area contributed by atoms with Gasteiger partial charge in [-0.15, -0.1) is 0 Å². The van der Waals surface area contributed by atoms with Gasteiger partial charge in [0.15, 0.2) is 12.0 Å². The number of benzene rings is 2. The summed E-state index contributed by atoms with van der Waals surface area (Å²) in [6.07, 6.45) is -0.133. The highest BCUT2D eigenvalue weighted by Gasteiger charge is 2.51. The van der Waals surface area contributed by atoms with Crippen molar-refractivity contribution >= 4 is 28.1 Å². The molecule has 52 heavy (non-hydrogen) atoms. The molecule has 1 amide bonds. The zero-order valence-corrected chi connectivity index (χ0v) is 30.3. The van der Waals surface area contributed by atoms with Crippen molar-refractivity contribution in [2.24, 2.45) is 0 Å². The molecule has 7 aliphatic heterocycles. The Balaban J connectivity index is 1.07. The molecule has 0 saturated carbocycles. The van der Waals surface area contributed by atoms with Crippen LogP contribution in [0.5, 0.6) is 0 Å². The number of carbonyl (C=O) groups is 1. The number of amides is 1. The summed E-state index contributed by atoms with van der Waals surface area (Å²) in [6, 6.07) is 12.9. The maximum Gasteiger partial charge on any atom is 0.220 e. The first kappa shape index (κ1) is 38.7. The average Bonchev–Trinajstić information content (AvgIpc) is 3.37. The van der Waals surface area contributed by atoms with E-state index in [1.165, 1.54) is 27.7 Å². The van der Waals surface area contributed by atoms with Crippen molar-refractivity contribution in [1.82, 2.24) is 5.32 Å². The average molecular weight is 724 g/mol. The van der Waals surface area contributed by atoms with Crippen LogP contribution < -0.4 is 5.32 Å². The summed E-state index contributed by atoms with van der Waals surface area (Å²) in [5, 5.41) is 58.8. The topological polar surface area (TPSA) is 170 Å². The number of hydrogen-bond donors (Lipinski definition) is 6. The molecule has 6 N–H and O–H groups in total. The number of rotatable bonds is 11. The van der Waals surface area contributed by atoms with Crippen molar-refractivity contribution in [3.63, 3.8) is 0 Å². The van der Waals surface area contributed by atoms with Gasteiger partial charge in [0.2, 0.25) is 11.6 Å². The van der Waals surface area contributed by atoms with Crippen LogP contribution in [-0.4, -0.2) is 129 Å². The van der Waals surface area contributed by atoms with Crippen molar-refractivity contribution in [2.75, 3.05) is 26.3 Å². The summed E-state index contributed by atoms with van der Waals surface area (Å²) in [4.78, 5) is 13.1. The van der Waals surface area contributed by atoms with Crippen molar-refractivity contribution in [1.29, 1.82) is 0 Å². The zero-order valence-electron chi connectivity index (χ0n) is 30.3. The van der Waals surface area contributed by atoms with Gasteiger partial charge in [-0.25, -0.2) is 0 Å². The van der Waals surface area contributed by atoms with Gasteiger partial charge in [-0.3, -0.25) is 4.79 Å². The van der Waals surface area contributed by atoms with Crippen LogP contribution in [0.25, 0.3) is 10.8 Å². The Hall–Kier alpha value is -3.04. The van der Waals surface area contributed by atoms with E-state index in [1.807, 2.05) is 19.1 Å². The fourth-order valence-corrected chi connectivity index (χ4v) is 8.19. The zero-order chi connectivity index (χ0) is 37.0. The van der Waals surface area contributed by atoms with Crippen LogP contribution in [0.2, 0.25) is 0 Å². The third kappa shape index (κ3) is 7.91. The molecule has 284 valence electrons. The SMILES string of the molecule is C/C=C/C=C/C1=[N+](CCCCCC(=O)NC[C@H]2O[C@@H]3CCCO[C@H]4[C@H](O)[C@@H](O)C(O[C@H]2[C@H](O)[C@H]3O)O[C@@H]4CO)c2ccc3ccccc3c2C1(C)C. The Morgan fingerprint density at radius 1 is 0.923 bits per heavy atom. The predicted octanol–water partition coefficient (Wildman–Crippen LogP) is 2.52. The molecule has 7 aliphatic rings. The Kier molecular flexibility index (Phi) is 12.6. The molecule has 0 spiro atoms. The molecular weight excluding hydrogens is 668 g/mol. The molecule has 12 nitrogen and oxygen atoms in total. The van der Waals surface area contributed by atoms with E-state index in [4.69, 9.17) is 18.9 Å². The van der Waals surface area contributed by atoms with Crippen LogP contribution in [0, 0.1) is 0 Å². The molecule has 10 atom stereocenters. The first-order chi connectivity index (χ1) is 25.1. The monoisotopic (exact) mass is 723 g/mol. The molecule has 0 radical (unpaired) electrons. The number of aliphatic hydroxyl groups is 5. The lowest BCUT2D eigenvalue weighted by Gasteiger charge is -2.46. The van der Waals surface area contributed by atoms with Crippen molar-refractivity contribution in [3.8, 4) is 0 Å². The molecule has 2 aromatic rings. The Morgan fingerprint density at radius 2 is 1.71 bits per heavy atom. The summed E-state index contributed by atoms with van der Waals surface area (Å²) in [5.74, 6) is -0.181. The van der Waals surface area contributed by atoms with E-state index >= 15 is 0 Å². The fraction of sp³-hybridized carbons (Fsp3) is 0.600. The van der Waals surface area contributed by atoms with Crippen LogP contribution in [0.3, 0.4) is 0 Å². The minimum atomic E-state index is -1.55. The molecule has 2 aromatic carbocycles. The minimum Gasteiger partial charge on any atom is -0.394 e. The molecular formula is C40H55N2O10+. The second-order valence-corrected chi connectivity index (χ2v) is 14.8. The molecule has 6 fully saturated rings. The summed E-state index contributed by atoms with van der Waals surface area (Å²) in [6.45, 7) is 7.02. The summed E-state index contributed by atoms with van der Waals surface area (Å²) in [5.41, 5.74) is 3.61. The van der Waals surface area contributed by atoms with E-state index in [-0.39, 0.29) is 24.5 Å². The van der Waals surface area contributed by atoms with Crippen LogP contribution in [0.1, 0.15) is 64.9 Å². The standard InChI is InChI=1S/C40H54N2O10/c1-4-5-7-16-30-40(2,3)32-25-14-10-9-13-24(25)18-19-26(32)42(30)20-11-6-8-17-31(44)41-22-28-38-34(46)33(45)27(50-28)15-12-21-49-37-29(23-43)51-39(52-38)36(48)35(37)47/h4-5,7,9-10,13-14,16,18-19,27-29,33-39,43,45-48H,6,8,11-12,15,17,20-23H2,1-3H3/p+1/b5-4+,16-7+/t27-,28-,29-,33+,34-,35-,36-,37-,38-,39?/m1/s1. The Morgan fingerprint density at radius 3 is 2.50 bits per heavy atom. The third-order valence-corrected chi connectivity index (χ3v) is 10.9. The number of nitrogens with zero attached hydrogens (tertiary/aromatic N) is 1. The number of ether oxygens (including phenoxy) is 4. The molecule has 12 heteroatoms. The normalized spacial score (nSPS) is 33.4. The maximum absolute atomic E-state index is 13.1. The Labute approximate surface area is 305 Å². The lowest BCUT2D eigenvalue weighted by Crippen LogP contribution is -2.65. The van der Waals surface area contributed by atoms with E-state index in [2.05, 4.69) is 72.3 Å². The van der Waals surface area contributed by atoms with Crippen LogP contribution in [-0.2, 0) is 29.2 Å². The number of fused-ring (bicyclic) bond motifs is 3. The maximum atomic E-state index is 13.1. The summed E-state index contributed by atoms with van der Waals surface area (Å²) >= 11 is 0. The first-order valence-corrected chi connectivity index (χ1v) is 18.7. The molecule has 6 saturated heterocycles. The first-order valence-electron chi connectivity index (χ1n) is 18.7. The van der Waals surface area contributed by atoms with E-state index in [0.29, 0.717) is 25.7 Å². The number of carbonyl (C=O) groups excluding carboxylic acids is 1. The van der Waals surface area contributed by atoms with Gasteiger partial charge in [0.05, 0.1) is 18.1 Å². The van der Waals surface area contributed by atoms with Gasteiger partial charge in [0.25, 0.3) is 0 Å². The van der Waals surface area contributed by atoms with Crippen LogP contribution in [0.15, 0.2) is 60.7 Å². The molecule has 0 aliphatic carbocycles. The molecule has 1 unspecified atom stereocenters. The number of aliphatic hydroxyl groups excluding tert-OH is 5. The third-order valence-electron chi connectivity index (χ3n) is 10.9. The van der Waals surface area contributed by atoms with E-state index < -0.39 is 67.8 Å². The Bertz CT molecular complexity index is 1640. The van der Waals surface area contributed by atoms with Gasteiger partial charge in [-0.05, 0) is 63.3 Å². The van der Waals surface area contributed by atoms with Crippen molar-refractivity contribution in [2.45, 2.75) is 126 Å². The lowest BCUT2D eigenvalue weighted by molar-refractivity contribution is -0.438. The molecule has 9 rings (SSSR count). The largest absolute Gasteiger partial charge is 0.394 e. The van der Waals surface area contributed by atoms with Crippen LogP contribution >= 0.6 is 0 Å². The molecule has 4 bridgehead atoms. The van der Waals surface area contributed by atoms with Gasteiger partial charge in [-0.2, -0.15) is 4.58 Å². The number of hydrogen-bond acceptors (Lipinski definition) is 10. The second-order valence-electron chi connectivity index (χ2n) is 14.8. The van der Waals surface area contributed by atoms with Crippen molar-refractivity contribution in [3.05, 3.63) is 66.3 Å². The van der Waals surface area contributed by atoms with Gasteiger partial charge in [-0.1, -0.05) is 42.5 Å². The molecule has 7 heterocycles. The van der Waals surface area contributed by atoms with Crippen LogP contribution in [0.4, 0.5) is 5.69 Å². The highest BCUT2D eigenvalue weighted by atomic mass is 16.7. The van der Waals surface area contributed by atoms with E-state index in [1.54, 1.807) is 0 Å². The van der Waals surface area contributed by atoms with E-state index in [9.17, 15) is 30.3 Å². The lowest BCUT2D eigenvalue weighted by atomic mass is 9.79. The minimum absolute atomic E-state index is 0.0117. The quantitative estimate of drug-likeness (QED) is 0.115. The highest BCUT2D eigenvalue weighted by Crippen LogP contribution is 2.44. The van der Waals surface area contributed by atoms with Gasteiger partial charge < -0.3 is 49.8 Å². The second kappa shape index (κ2) is 17.0.